The van der Waals surface area contributed by atoms with E-state index in [9.17, 15) is 10.0 Å². The molecule has 2 rings (SSSR count). The molecule has 0 heterocycles. The first-order valence-electron chi connectivity index (χ1n) is 12.3. The summed E-state index contributed by atoms with van der Waals surface area (Å²) in [6, 6.07) is 13.7. The van der Waals surface area contributed by atoms with Gasteiger partial charge in [-0.15, -0.1) is 0 Å². The second-order valence-corrected chi connectivity index (χ2v) is 8.59. The van der Waals surface area contributed by atoms with Gasteiger partial charge < -0.3 is 45.2 Å². The Morgan fingerprint density at radius 3 is 1.86 bits per heavy atom. The zero-order chi connectivity index (χ0) is 26.8. The Labute approximate surface area is 214 Å². The molecule has 0 atom stereocenters. The summed E-state index contributed by atoms with van der Waals surface area (Å²) in [5.74, 6) is 0.426. The van der Waals surface area contributed by atoms with Gasteiger partial charge in [-0.1, -0.05) is 57.0 Å². The van der Waals surface area contributed by atoms with E-state index in [1.54, 1.807) is 0 Å². The monoisotopic (exact) mass is 507 g/mol. The van der Waals surface area contributed by atoms with Crippen molar-refractivity contribution in [2.24, 2.45) is 5.73 Å². The minimum atomic E-state index is -1.90. The molecule has 0 spiro atoms. The van der Waals surface area contributed by atoms with Gasteiger partial charge in [-0.2, -0.15) is 0 Å². The number of unbranched alkanes of at least 4 members (excludes halogenated alkanes) is 2. The normalized spacial score (nSPS) is 11.1. The van der Waals surface area contributed by atoms with E-state index in [0.717, 1.165) is 47.9 Å². The Hall–Kier alpha value is -2.02. The van der Waals surface area contributed by atoms with E-state index in [2.05, 4.69) is 13.8 Å². The first kappa shape index (κ1) is 32.0. The molecule has 0 unspecified atom stereocenters. The van der Waals surface area contributed by atoms with Crippen LogP contribution in [0.2, 0.25) is 0 Å². The van der Waals surface area contributed by atoms with Crippen LogP contribution in [-0.2, 0) is 22.7 Å². The molecule has 0 bridgehead atoms. The fourth-order valence-electron chi connectivity index (χ4n) is 3.04. The molecule has 9 nitrogen and oxygen atoms in total. The molecule has 36 heavy (non-hydrogen) atoms. The fourth-order valence-corrected chi connectivity index (χ4v) is 3.04. The molecule has 2 aromatic carbocycles. The van der Waals surface area contributed by atoms with Crippen molar-refractivity contribution in [3.05, 3.63) is 53.6 Å². The molecule has 0 radical (unpaired) electrons. The maximum absolute atomic E-state index is 9.45. The largest absolute Gasteiger partial charge is 0.707 e. The highest BCUT2D eigenvalue weighted by atomic mass is 16.6. The third kappa shape index (κ3) is 11.8. The quantitative estimate of drug-likeness (QED) is 0.148. The summed E-state index contributed by atoms with van der Waals surface area (Å²) in [4.78, 5) is 0. The van der Waals surface area contributed by atoms with Crippen molar-refractivity contribution >= 4 is 7.32 Å². The number of aliphatic hydroxyl groups excluding tert-OH is 3. The van der Waals surface area contributed by atoms with Crippen LogP contribution in [0.4, 0.5) is 0 Å². The average Bonchev–Trinajstić information content (AvgIpc) is 2.90. The molecule has 0 amide bonds. The maximum Gasteiger partial charge on any atom is 0.707 e. The molecule has 0 aliphatic heterocycles. The van der Waals surface area contributed by atoms with Crippen LogP contribution in [0, 0.1) is 0 Å². The summed E-state index contributed by atoms with van der Waals surface area (Å²) in [6.45, 7) is 5.23. The molecule has 202 valence electrons. The maximum atomic E-state index is 9.45. The predicted molar refractivity (Wildman–Crippen MR) is 140 cm³/mol. The minimum Gasteiger partial charge on any atom is -0.511 e. The number of benzene rings is 2. The van der Waals surface area contributed by atoms with Crippen LogP contribution >= 0.6 is 0 Å². The molecular weight excluding hydrogens is 465 g/mol. The number of hydrogen-bond donors (Lipinski definition) is 6. The van der Waals surface area contributed by atoms with Gasteiger partial charge in [0.25, 0.3) is 0 Å². The lowest BCUT2D eigenvalue weighted by Gasteiger charge is -2.20. The van der Waals surface area contributed by atoms with Crippen LogP contribution in [0.25, 0.3) is 11.1 Å². The number of rotatable bonds is 16. The van der Waals surface area contributed by atoms with Crippen LogP contribution < -0.4 is 10.4 Å². The van der Waals surface area contributed by atoms with Gasteiger partial charge in [-0.25, -0.2) is 0 Å². The fraction of sp³-hybridized carbons (Fsp3) is 0.538. The number of nitrogens with two attached hydrogens (primary N) is 1. The topological polar surface area (TPSA) is 155 Å². The highest BCUT2D eigenvalue weighted by Crippen LogP contribution is 2.36. The summed E-state index contributed by atoms with van der Waals surface area (Å²) >= 11 is 0. The van der Waals surface area contributed by atoms with Gasteiger partial charge >= 0.3 is 7.32 Å². The van der Waals surface area contributed by atoms with Crippen molar-refractivity contribution in [1.29, 1.82) is 0 Å². The van der Waals surface area contributed by atoms with Crippen LogP contribution in [-0.4, -0.2) is 71.3 Å². The number of aliphatic hydroxyl groups is 3. The standard InChI is InChI=1S/C22H31BO5.C4H11NO3/c1-3-5-12-26-16-18-14-20(17-27-13-6-4-2)22(28-23(24)25)21(15-18)19-10-8-7-9-11-19;5-4(1-6,2-7)3-8/h7-11,14-15,24-25H,3-6,12-13,16-17H2,1-2H3;6-8H,1-3,5H2. The predicted octanol–water partition coefficient (Wildman–Crippen LogP) is 2.00. The first-order chi connectivity index (χ1) is 17.3. The van der Waals surface area contributed by atoms with Crippen molar-refractivity contribution in [3.63, 3.8) is 0 Å². The van der Waals surface area contributed by atoms with E-state index >= 15 is 0 Å². The van der Waals surface area contributed by atoms with E-state index in [4.69, 9.17) is 35.2 Å². The van der Waals surface area contributed by atoms with Gasteiger partial charge in [0.2, 0.25) is 0 Å². The Kier molecular flexibility index (Phi) is 16.2. The summed E-state index contributed by atoms with van der Waals surface area (Å²) in [5, 5.41) is 43.9. The molecule has 0 aliphatic rings. The highest BCUT2D eigenvalue weighted by molar-refractivity contribution is 6.34. The van der Waals surface area contributed by atoms with E-state index in [-0.39, 0.29) is 0 Å². The van der Waals surface area contributed by atoms with Crippen LogP contribution in [0.5, 0.6) is 5.75 Å². The second-order valence-electron chi connectivity index (χ2n) is 8.59. The average molecular weight is 507 g/mol. The molecule has 0 aliphatic carbocycles. The smallest absolute Gasteiger partial charge is 0.511 e. The summed E-state index contributed by atoms with van der Waals surface area (Å²) in [6.07, 6.45) is 4.15. The Morgan fingerprint density at radius 1 is 0.833 bits per heavy atom. The van der Waals surface area contributed by atoms with E-state index in [1.807, 2.05) is 42.5 Å². The summed E-state index contributed by atoms with van der Waals surface area (Å²) in [7, 11) is -1.90. The van der Waals surface area contributed by atoms with Crippen LogP contribution in [0.15, 0.2) is 42.5 Å². The van der Waals surface area contributed by atoms with E-state index in [0.29, 0.717) is 32.2 Å². The molecule has 7 N–H and O–H groups in total. The molecule has 0 aromatic heterocycles. The van der Waals surface area contributed by atoms with Crippen LogP contribution in [0.3, 0.4) is 0 Å². The van der Waals surface area contributed by atoms with Crippen molar-refractivity contribution < 1.29 is 39.5 Å². The molecule has 2 aromatic rings. The first-order valence-corrected chi connectivity index (χ1v) is 12.3. The SMILES string of the molecule is CCCCOCc1cc(COCCCC)c(OB(O)O)c(-c2ccccc2)c1.NC(CO)(CO)CO. The third-order valence-electron chi connectivity index (χ3n) is 5.29. The lowest BCUT2D eigenvalue weighted by Crippen LogP contribution is -2.50. The Morgan fingerprint density at radius 2 is 1.39 bits per heavy atom. The Bertz CT molecular complexity index is 826. The van der Waals surface area contributed by atoms with Gasteiger partial charge in [0.1, 0.15) is 5.75 Å². The zero-order valence-corrected chi connectivity index (χ0v) is 21.4. The van der Waals surface area contributed by atoms with Gasteiger partial charge in [0, 0.05) is 24.3 Å². The lowest BCUT2D eigenvalue weighted by molar-refractivity contribution is 0.0697. The van der Waals surface area contributed by atoms with Gasteiger partial charge in [0.05, 0.1) is 38.6 Å². The molecular formula is C26H42BNO8. The third-order valence-corrected chi connectivity index (χ3v) is 5.29. The van der Waals surface area contributed by atoms with Crippen molar-refractivity contribution in [2.45, 2.75) is 58.3 Å². The van der Waals surface area contributed by atoms with E-state index < -0.39 is 32.7 Å². The van der Waals surface area contributed by atoms with Gasteiger partial charge in [-0.3, -0.25) is 0 Å². The summed E-state index contributed by atoms with van der Waals surface area (Å²) < 4.78 is 17.0. The van der Waals surface area contributed by atoms with Crippen molar-refractivity contribution in [1.82, 2.24) is 0 Å². The van der Waals surface area contributed by atoms with Gasteiger partial charge in [-0.05, 0) is 36.1 Å². The van der Waals surface area contributed by atoms with Crippen LogP contribution in [0.1, 0.15) is 50.7 Å². The van der Waals surface area contributed by atoms with Gasteiger partial charge in [0.15, 0.2) is 0 Å². The number of ether oxygens (including phenoxy) is 2. The molecule has 0 saturated heterocycles. The Balaban J connectivity index is 0.000000697. The lowest BCUT2D eigenvalue weighted by atomic mass is 9.97. The minimum absolute atomic E-state index is 0.338. The highest BCUT2D eigenvalue weighted by Gasteiger charge is 2.21. The van der Waals surface area contributed by atoms with E-state index in [1.165, 1.54) is 0 Å². The van der Waals surface area contributed by atoms with Crippen molar-refractivity contribution in [2.75, 3.05) is 33.0 Å². The second kappa shape index (κ2) is 18.3. The molecule has 0 fully saturated rings. The molecule has 0 saturated carbocycles. The van der Waals surface area contributed by atoms with Crippen molar-refractivity contribution in [3.8, 4) is 16.9 Å². The summed E-state index contributed by atoms with van der Waals surface area (Å²) in [5.41, 5.74) is 7.44. The molecule has 10 heteroatoms. The zero-order valence-electron chi connectivity index (χ0n) is 21.4. The number of hydrogen-bond acceptors (Lipinski definition) is 9.